The number of likely N-dealkylation sites (N-methyl/N-ethyl adjacent to an activating group) is 1. The van der Waals surface area contributed by atoms with E-state index in [0.29, 0.717) is 6.54 Å². The number of aromatic amines is 1. The molecule has 0 fully saturated rings. The zero-order valence-corrected chi connectivity index (χ0v) is 11.9. The highest BCUT2D eigenvalue weighted by molar-refractivity contribution is 6.06. The number of H-pyrrole nitrogens is 1. The molecule has 2 aromatic heterocycles. The number of aromatic nitrogens is 2. The molecule has 3 aromatic rings. The van der Waals surface area contributed by atoms with Crippen LogP contribution in [0.4, 0.5) is 0 Å². The van der Waals surface area contributed by atoms with Crippen LogP contribution in [0.2, 0.25) is 0 Å². The van der Waals surface area contributed by atoms with E-state index in [0.717, 1.165) is 22.9 Å². The first-order chi connectivity index (χ1) is 10.3. The summed E-state index contributed by atoms with van der Waals surface area (Å²) in [5.41, 5.74) is 2.90. The fourth-order valence-corrected chi connectivity index (χ4v) is 2.40. The Morgan fingerprint density at radius 1 is 1.19 bits per heavy atom. The Hall–Kier alpha value is -2.62. The van der Waals surface area contributed by atoms with Crippen LogP contribution in [0.25, 0.3) is 10.9 Å². The molecule has 4 nitrogen and oxygen atoms in total. The monoisotopic (exact) mass is 279 g/mol. The van der Waals surface area contributed by atoms with Crippen molar-refractivity contribution >= 4 is 16.8 Å². The highest BCUT2D eigenvalue weighted by Crippen LogP contribution is 2.19. The molecule has 21 heavy (non-hydrogen) atoms. The Balaban J connectivity index is 1.72. The maximum atomic E-state index is 12.5. The lowest BCUT2D eigenvalue weighted by Gasteiger charge is -2.16. The third-order valence-corrected chi connectivity index (χ3v) is 3.65. The van der Waals surface area contributed by atoms with Gasteiger partial charge in [0.25, 0.3) is 5.91 Å². The molecule has 4 heteroatoms. The number of pyridine rings is 1. The van der Waals surface area contributed by atoms with Crippen LogP contribution in [0.5, 0.6) is 0 Å². The summed E-state index contributed by atoms with van der Waals surface area (Å²) in [4.78, 5) is 21.4. The van der Waals surface area contributed by atoms with E-state index in [9.17, 15) is 4.79 Å². The van der Waals surface area contributed by atoms with Crippen LogP contribution in [0.15, 0.2) is 55.0 Å². The highest BCUT2D eigenvalue weighted by atomic mass is 16.2. The van der Waals surface area contributed by atoms with Crippen molar-refractivity contribution in [1.82, 2.24) is 14.9 Å². The summed E-state index contributed by atoms with van der Waals surface area (Å²) in [6, 6.07) is 11.8. The molecule has 0 atom stereocenters. The topological polar surface area (TPSA) is 49.0 Å². The number of carbonyl (C=O) groups excluding carboxylic acids is 1. The molecule has 0 saturated heterocycles. The quantitative estimate of drug-likeness (QED) is 0.798. The number of benzene rings is 1. The van der Waals surface area contributed by atoms with E-state index in [1.807, 2.05) is 43.4 Å². The molecule has 1 amide bonds. The summed E-state index contributed by atoms with van der Waals surface area (Å²) >= 11 is 0. The van der Waals surface area contributed by atoms with E-state index in [-0.39, 0.29) is 5.91 Å². The van der Waals surface area contributed by atoms with Gasteiger partial charge < -0.3 is 9.88 Å². The average molecular weight is 279 g/mol. The first-order valence-electron chi connectivity index (χ1n) is 6.96. The van der Waals surface area contributed by atoms with Crippen LogP contribution < -0.4 is 0 Å². The van der Waals surface area contributed by atoms with Gasteiger partial charge in [-0.25, -0.2) is 0 Å². The third-order valence-electron chi connectivity index (χ3n) is 3.65. The van der Waals surface area contributed by atoms with Crippen molar-refractivity contribution in [1.29, 1.82) is 0 Å². The van der Waals surface area contributed by atoms with Crippen molar-refractivity contribution < 1.29 is 4.79 Å². The van der Waals surface area contributed by atoms with Gasteiger partial charge in [0.2, 0.25) is 0 Å². The van der Waals surface area contributed by atoms with Gasteiger partial charge in [-0.05, 0) is 30.2 Å². The molecule has 0 radical (unpaired) electrons. The lowest BCUT2D eigenvalue weighted by atomic mass is 10.1. The Bertz CT molecular complexity index is 749. The zero-order chi connectivity index (χ0) is 14.7. The predicted molar refractivity (Wildman–Crippen MR) is 83.2 cm³/mol. The van der Waals surface area contributed by atoms with Gasteiger partial charge >= 0.3 is 0 Å². The summed E-state index contributed by atoms with van der Waals surface area (Å²) in [6.45, 7) is 0.683. The number of nitrogens with zero attached hydrogens (tertiary/aromatic N) is 2. The summed E-state index contributed by atoms with van der Waals surface area (Å²) in [5.74, 6) is 0.0431. The second-order valence-corrected chi connectivity index (χ2v) is 5.08. The van der Waals surface area contributed by atoms with Crippen molar-refractivity contribution in [2.24, 2.45) is 0 Å². The maximum Gasteiger partial charge on any atom is 0.255 e. The molecule has 3 rings (SSSR count). The summed E-state index contributed by atoms with van der Waals surface area (Å²) in [5, 5.41) is 0.971. The second kappa shape index (κ2) is 5.79. The fraction of sp³-hybridized carbons (Fsp3) is 0.176. The van der Waals surface area contributed by atoms with Gasteiger partial charge in [0.15, 0.2) is 0 Å². The number of para-hydroxylation sites is 1. The molecule has 0 saturated carbocycles. The molecule has 0 bridgehead atoms. The van der Waals surface area contributed by atoms with Crippen LogP contribution >= 0.6 is 0 Å². The van der Waals surface area contributed by atoms with E-state index in [2.05, 4.69) is 9.97 Å². The molecule has 106 valence electrons. The standard InChI is InChI=1S/C17H17N3O/c1-20(11-8-13-6-9-18-10-7-13)17(21)15-12-19-16-5-3-2-4-14(15)16/h2-7,9-10,12,19H,8,11H2,1H3. The Morgan fingerprint density at radius 2 is 1.95 bits per heavy atom. The maximum absolute atomic E-state index is 12.5. The number of amides is 1. The van der Waals surface area contributed by atoms with Gasteiger partial charge in [-0.2, -0.15) is 0 Å². The number of fused-ring (bicyclic) bond motifs is 1. The zero-order valence-electron chi connectivity index (χ0n) is 11.9. The minimum Gasteiger partial charge on any atom is -0.360 e. The van der Waals surface area contributed by atoms with E-state index in [1.54, 1.807) is 23.5 Å². The number of rotatable bonds is 4. The summed E-state index contributed by atoms with van der Waals surface area (Å²) < 4.78 is 0. The molecular formula is C17H17N3O. The van der Waals surface area contributed by atoms with E-state index in [1.165, 1.54) is 5.56 Å². The van der Waals surface area contributed by atoms with Gasteiger partial charge in [0, 0.05) is 43.1 Å². The van der Waals surface area contributed by atoms with Gasteiger partial charge in [-0.15, -0.1) is 0 Å². The summed E-state index contributed by atoms with van der Waals surface area (Å²) in [6.07, 6.45) is 6.16. The molecule has 1 aromatic carbocycles. The Kier molecular flexibility index (Phi) is 3.69. The van der Waals surface area contributed by atoms with Crippen LogP contribution in [0.1, 0.15) is 15.9 Å². The predicted octanol–water partition coefficient (Wildman–Crippen LogP) is 2.88. The van der Waals surface area contributed by atoms with Gasteiger partial charge in [0.1, 0.15) is 0 Å². The lowest BCUT2D eigenvalue weighted by Crippen LogP contribution is -2.28. The van der Waals surface area contributed by atoms with Gasteiger partial charge in [-0.1, -0.05) is 18.2 Å². The largest absolute Gasteiger partial charge is 0.360 e. The summed E-state index contributed by atoms with van der Waals surface area (Å²) in [7, 11) is 1.84. The highest BCUT2D eigenvalue weighted by Gasteiger charge is 2.15. The van der Waals surface area contributed by atoms with E-state index in [4.69, 9.17) is 0 Å². The molecule has 2 heterocycles. The van der Waals surface area contributed by atoms with Crippen molar-refractivity contribution in [3.05, 3.63) is 66.1 Å². The number of hydrogen-bond acceptors (Lipinski definition) is 2. The van der Waals surface area contributed by atoms with Crippen molar-refractivity contribution in [3.8, 4) is 0 Å². The smallest absolute Gasteiger partial charge is 0.255 e. The first-order valence-corrected chi connectivity index (χ1v) is 6.96. The van der Waals surface area contributed by atoms with Crippen LogP contribution in [0.3, 0.4) is 0 Å². The Morgan fingerprint density at radius 3 is 2.76 bits per heavy atom. The molecule has 0 aliphatic rings. The van der Waals surface area contributed by atoms with Gasteiger partial charge in [-0.3, -0.25) is 9.78 Å². The Labute approximate surface area is 123 Å². The van der Waals surface area contributed by atoms with Crippen LogP contribution in [0, 0.1) is 0 Å². The fourth-order valence-electron chi connectivity index (χ4n) is 2.40. The van der Waals surface area contributed by atoms with Crippen molar-refractivity contribution in [2.45, 2.75) is 6.42 Å². The minimum atomic E-state index is 0.0431. The second-order valence-electron chi connectivity index (χ2n) is 5.08. The minimum absolute atomic E-state index is 0.0431. The van der Waals surface area contributed by atoms with Crippen molar-refractivity contribution in [2.75, 3.05) is 13.6 Å². The number of hydrogen-bond donors (Lipinski definition) is 1. The number of nitrogens with one attached hydrogen (secondary N) is 1. The van der Waals surface area contributed by atoms with E-state index < -0.39 is 0 Å². The molecule has 0 spiro atoms. The number of carbonyl (C=O) groups is 1. The third kappa shape index (κ3) is 2.79. The molecular weight excluding hydrogens is 262 g/mol. The SMILES string of the molecule is CN(CCc1ccncc1)C(=O)c1c[nH]c2ccccc12. The molecule has 1 N–H and O–H groups in total. The van der Waals surface area contributed by atoms with Gasteiger partial charge in [0.05, 0.1) is 5.56 Å². The van der Waals surface area contributed by atoms with E-state index >= 15 is 0 Å². The first kappa shape index (κ1) is 13.4. The molecule has 0 unspecified atom stereocenters. The van der Waals surface area contributed by atoms with Crippen LogP contribution in [-0.2, 0) is 6.42 Å². The normalized spacial score (nSPS) is 10.7. The molecule has 0 aliphatic carbocycles. The van der Waals surface area contributed by atoms with Crippen LogP contribution in [-0.4, -0.2) is 34.4 Å². The average Bonchev–Trinajstić information content (AvgIpc) is 2.97. The van der Waals surface area contributed by atoms with Crippen molar-refractivity contribution in [3.63, 3.8) is 0 Å². The molecule has 0 aliphatic heterocycles. The lowest BCUT2D eigenvalue weighted by molar-refractivity contribution is 0.0798.